The molecule has 0 aliphatic rings. The molecule has 3 N–H and O–H groups in total. The maximum absolute atomic E-state index is 5.79. The van der Waals surface area contributed by atoms with E-state index in [0.29, 0.717) is 17.3 Å². The molecule has 15 heavy (non-hydrogen) atoms. The smallest absolute Gasteiger partial charge is 0.175 e. The summed E-state index contributed by atoms with van der Waals surface area (Å²) in [7, 11) is 0. The summed E-state index contributed by atoms with van der Waals surface area (Å²) in [6.07, 6.45) is 1.74. The van der Waals surface area contributed by atoms with Gasteiger partial charge in [-0.15, -0.1) is 0 Å². The monoisotopic (exact) mass is 204 g/mol. The van der Waals surface area contributed by atoms with Gasteiger partial charge in [0.2, 0.25) is 0 Å². The molecule has 0 bridgehead atoms. The Hall–Kier alpha value is -2.04. The van der Waals surface area contributed by atoms with Crippen molar-refractivity contribution < 1.29 is 4.52 Å². The molecule has 2 rings (SSSR count). The molecule has 78 valence electrons. The fourth-order valence-electron chi connectivity index (χ4n) is 1.24. The van der Waals surface area contributed by atoms with Crippen LogP contribution in [-0.4, -0.2) is 10.1 Å². The van der Waals surface area contributed by atoms with Crippen LogP contribution in [0, 0.1) is 13.8 Å². The Kier molecular flexibility index (Phi) is 2.29. The van der Waals surface area contributed by atoms with Crippen molar-refractivity contribution in [3.05, 3.63) is 29.7 Å². The van der Waals surface area contributed by atoms with Gasteiger partial charge < -0.3 is 15.6 Å². The van der Waals surface area contributed by atoms with Crippen molar-refractivity contribution in [3.8, 4) is 0 Å². The Labute approximate surface area is 87.3 Å². The lowest BCUT2D eigenvalue weighted by atomic mass is 10.3. The zero-order chi connectivity index (χ0) is 10.8. The third-order valence-corrected chi connectivity index (χ3v) is 1.93. The Morgan fingerprint density at radius 2 is 2.13 bits per heavy atom. The van der Waals surface area contributed by atoms with Gasteiger partial charge in [0.15, 0.2) is 11.6 Å². The maximum Gasteiger partial charge on any atom is 0.175 e. The first kappa shape index (κ1) is 9.51. The molecule has 2 heterocycles. The van der Waals surface area contributed by atoms with Crippen LogP contribution in [0.25, 0.3) is 0 Å². The highest BCUT2D eigenvalue weighted by atomic mass is 16.5. The predicted molar refractivity (Wildman–Crippen MR) is 57.9 cm³/mol. The Bertz CT molecular complexity index is 478. The van der Waals surface area contributed by atoms with Crippen LogP contribution in [0.15, 0.2) is 22.9 Å². The largest absolute Gasteiger partial charge is 0.396 e. The standard InChI is InChI=1S/C10H12N4O/c1-6-3-8(11)10(12-5-6)13-9-4-7(2)15-14-9/h3-5H,11H2,1-2H3,(H,12,13,14). The number of nitrogens with one attached hydrogen (secondary N) is 1. The number of anilines is 3. The summed E-state index contributed by atoms with van der Waals surface area (Å²) in [6, 6.07) is 3.63. The first-order chi connectivity index (χ1) is 7.15. The summed E-state index contributed by atoms with van der Waals surface area (Å²) in [5.41, 5.74) is 7.41. The second-order valence-corrected chi connectivity index (χ2v) is 3.40. The minimum Gasteiger partial charge on any atom is -0.396 e. The topological polar surface area (TPSA) is 77.0 Å². The van der Waals surface area contributed by atoms with Gasteiger partial charge in [-0.1, -0.05) is 5.16 Å². The zero-order valence-corrected chi connectivity index (χ0v) is 8.61. The maximum atomic E-state index is 5.79. The molecule has 0 radical (unpaired) electrons. The molecule has 0 aromatic carbocycles. The van der Waals surface area contributed by atoms with Gasteiger partial charge in [-0.2, -0.15) is 0 Å². The van der Waals surface area contributed by atoms with E-state index in [1.807, 2.05) is 19.9 Å². The molecular formula is C10H12N4O. The van der Waals surface area contributed by atoms with Crippen molar-refractivity contribution in [2.45, 2.75) is 13.8 Å². The van der Waals surface area contributed by atoms with E-state index in [2.05, 4.69) is 15.5 Å². The molecule has 2 aromatic rings. The lowest BCUT2D eigenvalue weighted by Crippen LogP contribution is -1.99. The van der Waals surface area contributed by atoms with E-state index >= 15 is 0 Å². The lowest BCUT2D eigenvalue weighted by Gasteiger charge is -2.05. The van der Waals surface area contributed by atoms with E-state index in [1.165, 1.54) is 0 Å². The van der Waals surface area contributed by atoms with Crippen molar-refractivity contribution in [1.82, 2.24) is 10.1 Å². The first-order valence-electron chi connectivity index (χ1n) is 4.57. The fraction of sp³-hybridized carbons (Fsp3) is 0.200. The third kappa shape index (κ3) is 2.07. The molecule has 0 saturated heterocycles. The van der Waals surface area contributed by atoms with Gasteiger partial charge in [0.1, 0.15) is 5.76 Å². The predicted octanol–water partition coefficient (Wildman–Crippen LogP) is 2.01. The van der Waals surface area contributed by atoms with E-state index < -0.39 is 0 Å². The number of hydrogen-bond donors (Lipinski definition) is 2. The highest BCUT2D eigenvalue weighted by molar-refractivity contribution is 5.67. The molecule has 0 unspecified atom stereocenters. The SMILES string of the molecule is Cc1cnc(Nc2cc(C)on2)c(N)c1. The quantitative estimate of drug-likeness (QED) is 0.782. The average molecular weight is 204 g/mol. The summed E-state index contributed by atoms with van der Waals surface area (Å²) in [6.45, 7) is 3.76. The molecule has 0 fully saturated rings. The zero-order valence-electron chi connectivity index (χ0n) is 8.61. The molecule has 0 spiro atoms. The van der Waals surface area contributed by atoms with Crippen molar-refractivity contribution >= 4 is 17.3 Å². The highest BCUT2D eigenvalue weighted by Gasteiger charge is 2.04. The van der Waals surface area contributed by atoms with E-state index in [9.17, 15) is 0 Å². The van der Waals surface area contributed by atoms with Crippen LogP contribution in [0.2, 0.25) is 0 Å². The molecule has 0 aliphatic heterocycles. The van der Waals surface area contributed by atoms with Crippen molar-refractivity contribution in [3.63, 3.8) is 0 Å². The normalized spacial score (nSPS) is 10.3. The first-order valence-corrected chi connectivity index (χ1v) is 4.57. The Morgan fingerprint density at radius 1 is 1.33 bits per heavy atom. The van der Waals surface area contributed by atoms with Crippen LogP contribution < -0.4 is 11.1 Å². The number of aryl methyl sites for hydroxylation is 2. The van der Waals surface area contributed by atoms with Crippen LogP contribution in [0.3, 0.4) is 0 Å². The summed E-state index contributed by atoms with van der Waals surface area (Å²) >= 11 is 0. The summed E-state index contributed by atoms with van der Waals surface area (Å²) < 4.78 is 4.92. The van der Waals surface area contributed by atoms with Gasteiger partial charge >= 0.3 is 0 Å². The van der Waals surface area contributed by atoms with E-state index in [-0.39, 0.29) is 0 Å². The Balaban J connectivity index is 2.24. The molecule has 0 atom stereocenters. The minimum absolute atomic E-state index is 0.592. The number of nitrogens with two attached hydrogens (primary N) is 1. The summed E-state index contributed by atoms with van der Waals surface area (Å²) in [5.74, 6) is 1.94. The van der Waals surface area contributed by atoms with E-state index in [4.69, 9.17) is 10.3 Å². The number of nitrogens with zero attached hydrogens (tertiary/aromatic N) is 2. The van der Waals surface area contributed by atoms with E-state index in [1.54, 1.807) is 12.3 Å². The number of pyridine rings is 1. The fourth-order valence-corrected chi connectivity index (χ4v) is 1.24. The second kappa shape index (κ2) is 3.61. The van der Waals surface area contributed by atoms with Crippen molar-refractivity contribution in [1.29, 1.82) is 0 Å². The van der Waals surface area contributed by atoms with Gasteiger partial charge in [0.25, 0.3) is 0 Å². The second-order valence-electron chi connectivity index (χ2n) is 3.40. The minimum atomic E-state index is 0.592. The molecule has 0 saturated carbocycles. The van der Waals surface area contributed by atoms with Gasteiger partial charge in [0.05, 0.1) is 5.69 Å². The van der Waals surface area contributed by atoms with Gasteiger partial charge in [-0.25, -0.2) is 4.98 Å². The van der Waals surface area contributed by atoms with Crippen molar-refractivity contribution in [2.24, 2.45) is 0 Å². The van der Waals surface area contributed by atoms with Gasteiger partial charge in [0, 0.05) is 12.3 Å². The van der Waals surface area contributed by atoms with Gasteiger partial charge in [-0.05, 0) is 25.5 Å². The van der Waals surface area contributed by atoms with Crippen LogP contribution in [0.5, 0.6) is 0 Å². The van der Waals surface area contributed by atoms with Crippen molar-refractivity contribution in [2.75, 3.05) is 11.1 Å². The highest BCUT2D eigenvalue weighted by Crippen LogP contribution is 2.20. The van der Waals surface area contributed by atoms with Crippen LogP contribution >= 0.6 is 0 Å². The molecule has 5 heteroatoms. The van der Waals surface area contributed by atoms with Crippen LogP contribution in [-0.2, 0) is 0 Å². The number of aromatic nitrogens is 2. The summed E-state index contributed by atoms with van der Waals surface area (Å²) in [4.78, 5) is 4.16. The molecule has 0 aliphatic carbocycles. The molecular weight excluding hydrogens is 192 g/mol. The number of nitrogen functional groups attached to an aromatic ring is 1. The lowest BCUT2D eigenvalue weighted by molar-refractivity contribution is 0.400. The third-order valence-electron chi connectivity index (χ3n) is 1.93. The molecule has 5 nitrogen and oxygen atoms in total. The molecule has 2 aromatic heterocycles. The molecule has 0 amide bonds. The van der Waals surface area contributed by atoms with E-state index in [0.717, 1.165) is 11.3 Å². The number of rotatable bonds is 2. The average Bonchev–Trinajstić information content (AvgIpc) is 2.56. The van der Waals surface area contributed by atoms with Crippen LogP contribution in [0.1, 0.15) is 11.3 Å². The van der Waals surface area contributed by atoms with Crippen LogP contribution in [0.4, 0.5) is 17.3 Å². The summed E-state index contributed by atoms with van der Waals surface area (Å²) in [5, 5.41) is 6.77. The van der Waals surface area contributed by atoms with Gasteiger partial charge in [-0.3, -0.25) is 0 Å². The Morgan fingerprint density at radius 3 is 2.73 bits per heavy atom. The number of hydrogen-bond acceptors (Lipinski definition) is 5.